The summed E-state index contributed by atoms with van der Waals surface area (Å²) in [7, 11) is 1.45. The quantitative estimate of drug-likeness (QED) is 0.0211. The third kappa shape index (κ3) is 67.2. The van der Waals surface area contributed by atoms with E-state index in [1.165, 1.54) is 109 Å². The van der Waals surface area contributed by atoms with Crippen LogP contribution in [0.25, 0.3) is 0 Å². The van der Waals surface area contributed by atoms with Gasteiger partial charge in [0.1, 0.15) is 19.8 Å². The van der Waals surface area contributed by atoms with E-state index in [1.807, 2.05) is 21.1 Å². The Kier molecular flexibility index (Phi) is 59.8. The number of esters is 2. The smallest absolute Gasteiger partial charge is 0.462 e. The standard InChI is InChI=1S/C73H124NO8P/c1-6-8-10-12-14-16-18-20-22-24-26-28-29-30-31-32-33-34-35-36-37-38-39-40-41-42-43-44-45-46-48-50-52-54-56-58-60-62-64-66-73(76)82-71(70-81-83(77,78)80-68-67-74(3,4)5)69-79-72(75)65-63-61-59-57-55-53-51-49-47-27-25-23-21-19-17-15-13-11-9-7-2/h8,10,14,16,20,22,26,28,30-31,33-34,36-37,39-40,42-43,45-46,50,52,71H,6-7,9,11-13,15,17-19,21,23-25,27,29,32,35,38,41,44,47-49,51,53-70H2,1-5H3/p+1/b10-8-,16-14-,22-20-,28-26-,31-30-,34-33-,37-36-,40-39-,43-42-,46-45-,52-50-. The fourth-order valence-corrected chi connectivity index (χ4v) is 9.59. The predicted molar refractivity (Wildman–Crippen MR) is 357 cm³/mol. The van der Waals surface area contributed by atoms with Gasteiger partial charge in [-0.05, 0) is 96.3 Å². The number of nitrogens with zero attached hydrogens (tertiary/aromatic N) is 1. The summed E-state index contributed by atoms with van der Waals surface area (Å²) in [5.41, 5.74) is 0. The second-order valence-corrected chi connectivity index (χ2v) is 24.6. The van der Waals surface area contributed by atoms with Crippen LogP contribution >= 0.6 is 7.82 Å². The Morgan fingerprint density at radius 3 is 1.02 bits per heavy atom. The van der Waals surface area contributed by atoms with E-state index in [2.05, 4.69) is 148 Å². The third-order valence-electron chi connectivity index (χ3n) is 13.9. The number of quaternary nitrogens is 1. The minimum atomic E-state index is -4.40. The van der Waals surface area contributed by atoms with Crippen LogP contribution in [0, 0.1) is 0 Å². The number of carbonyl (C=O) groups is 2. The Bertz CT molecular complexity index is 1860. The van der Waals surface area contributed by atoms with Gasteiger partial charge in [0.05, 0.1) is 27.7 Å². The minimum Gasteiger partial charge on any atom is -0.462 e. The molecule has 474 valence electrons. The molecule has 0 saturated carbocycles. The van der Waals surface area contributed by atoms with Gasteiger partial charge in [-0.1, -0.05) is 289 Å². The summed E-state index contributed by atoms with van der Waals surface area (Å²) in [5, 5.41) is 0. The maximum Gasteiger partial charge on any atom is 0.472 e. The van der Waals surface area contributed by atoms with Gasteiger partial charge in [0, 0.05) is 12.8 Å². The maximum absolute atomic E-state index is 12.9. The number of unbranched alkanes of at least 4 members (excludes halogenated alkanes) is 24. The van der Waals surface area contributed by atoms with Gasteiger partial charge in [0.15, 0.2) is 6.10 Å². The summed E-state index contributed by atoms with van der Waals surface area (Å²) in [6.45, 7) is 4.31. The van der Waals surface area contributed by atoms with Crippen molar-refractivity contribution in [2.24, 2.45) is 0 Å². The van der Waals surface area contributed by atoms with Crippen molar-refractivity contribution in [1.82, 2.24) is 0 Å². The molecule has 0 heterocycles. The Morgan fingerprint density at radius 1 is 0.386 bits per heavy atom. The average Bonchev–Trinajstić information content (AvgIpc) is 3.48. The van der Waals surface area contributed by atoms with Crippen molar-refractivity contribution in [2.45, 2.75) is 270 Å². The molecule has 0 bridgehead atoms. The van der Waals surface area contributed by atoms with E-state index in [1.54, 1.807) is 0 Å². The lowest BCUT2D eigenvalue weighted by Crippen LogP contribution is -2.37. The zero-order chi connectivity index (χ0) is 60.5. The molecular weight excluding hydrogens is 1050 g/mol. The number of rotatable bonds is 60. The highest BCUT2D eigenvalue weighted by atomic mass is 31.2. The van der Waals surface area contributed by atoms with Crippen molar-refractivity contribution in [3.63, 3.8) is 0 Å². The van der Waals surface area contributed by atoms with Crippen LogP contribution in [0.5, 0.6) is 0 Å². The van der Waals surface area contributed by atoms with Crippen molar-refractivity contribution >= 4 is 19.8 Å². The third-order valence-corrected chi connectivity index (χ3v) is 14.9. The number of likely N-dealkylation sites (N-methyl/N-ethyl adjacent to an activating group) is 1. The number of phosphoric ester groups is 1. The molecule has 83 heavy (non-hydrogen) atoms. The molecule has 0 rings (SSSR count). The molecule has 0 aliphatic rings. The number of hydrogen-bond acceptors (Lipinski definition) is 7. The van der Waals surface area contributed by atoms with Crippen LogP contribution < -0.4 is 0 Å². The Labute approximate surface area is 511 Å². The van der Waals surface area contributed by atoms with Gasteiger partial charge in [-0.3, -0.25) is 18.6 Å². The molecule has 0 spiro atoms. The average molecular weight is 1180 g/mol. The summed E-state index contributed by atoms with van der Waals surface area (Å²) >= 11 is 0. The van der Waals surface area contributed by atoms with Gasteiger partial charge in [0.25, 0.3) is 0 Å². The molecule has 0 aromatic rings. The van der Waals surface area contributed by atoms with E-state index >= 15 is 0 Å². The first kappa shape index (κ1) is 79.2. The fraction of sp³-hybridized carbons (Fsp3) is 0.671. The molecule has 2 unspecified atom stereocenters. The highest BCUT2D eigenvalue weighted by Gasteiger charge is 2.27. The zero-order valence-electron chi connectivity index (χ0n) is 53.9. The Hall–Kier alpha value is -3.85. The highest BCUT2D eigenvalue weighted by Crippen LogP contribution is 2.43. The molecule has 0 saturated heterocycles. The predicted octanol–water partition coefficient (Wildman–Crippen LogP) is 21.7. The van der Waals surface area contributed by atoms with Crippen LogP contribution in [0.15, 0.2) is 134 Å². The Balaban J connectivity index is 4.17. The lowest BCUT2D eigenvalue weighted by Gasteiger charge is -2.24. The van der Waals surface area contributed by atoms with Crippen LogP contribution in [0.4, 0.5) is 0 Å². The summed E-state index contributed by atoms with van der Waals surface area (Å²) in [6.07, 6.45) is 91.1. The molecule has 10 heteroatoms. The molecule has 0 amide bonds. The van der Waals surface area contributed by atoms with Crippen molar-refractivity contribution in [3.05, 3.63) is 134 Å². The fourth-order valence-electron chi connectivity index (χ4n) is 8.84. The van der Waals surface area contributed by atoms with Crippen LogP contribution in [0.1, 0.15) is 264 Å². The van der Waals surface area contributed by atoms with E-state index in [0.717, 1.165) is 122 Å². The van der Waals surface area contributed by atoms with Crippen molar-refractivity contribution in [3.8, 4) is 0 Å². The molecule has 0 aliphatic heterocycles. The van der Waals surface area contributed by atoms with E-state index in [-0.39, 0.29) is 32.0 Å². The minimum absolute atomic E-state index is 0.0225. The molecule has 1 N–H and O–H groups in total. The number of ether oxygens (including phenoxy) is 2. The lowest BCUT2D eigenvalue weighted by molar-refractivity contribution is -0.870. The molecule has 0 aromatic carbocycles. The molecule has 9 nitrogen and oxygen atoms in total. The zero-order valence-corrected chi connectivity index (χ0v) is 54.8. The normalized spacial score (nSPS) is 14.0. The van der Waals surface area contributed by atoms with Crippen LogP contribution in [0.2, 0.25) is 0 Å². The second-order valence-electron chi connectivity index (χ2n) is 23.1. The van der Waals surface area contributed by atoms with E-state index in [9.17, 15) is 19.0 Å². The largest absolute Gasteiger partial charge is 0.472 e. The second kappa shape index (κ2) is 62.7. The van der Waals surface area contributed by atoms with Gasteiger partial charge in [-0.25, -0.2) is 4.57 Å². The van der Waals surface area contributed by atoms with Crippen LogP contribution in [-0.2, 0) is 32.7 Å². The first-order valence-corrected chi connectivity index (χ1v) is 34.9. The molecule has 0 fully saturated rings. The summed E-state index contributed by atoms with van der Waals surface area (Å²) < 4.78 is 34.6. The SMILES string of the molecule is CC/C=C\C/C=C\C/C=C\C/C=C\C/C=C\C/C=C\C/C=C\C/C=C\C/C=C\C/C=C\C/C=C\CCCCCCCC(=O)OC(COC(=O)CCCCCCCCCCCCCCCCCCCCCC)COP(=O)(O)OCC[N+](C)(C)C. The lowest BCUT2D eigenvalue weighted by atomic mass is 10.0. The van der Waals surface area contributed by atoms with Crippen molar-refractivity contribution < 1.29 is 42.1 Å². The molecule has 0 aromatic heterocycles. The van der Waals surface area contributed by atoms with Crippen LogP contribution in [-0.4, -0.2) is 74.9 Å². The molecule has 0 radical (unpaired) electrons. The first-order valence-electron chi connectivity index (χ1n) is 33.4. The van der Waals surface area contributed by atoms with Gasteiger partial charge in [-0.2, -0.15) is 0 Å². The van der Waals surface area contributed by atoms with E-state index in [4.69, 9.17) is 18.5 Å². The van der Waals surface area contributed by atoms with Gasteiger partial charge in [0.2, 0.25) is 0 Å². The molecule has 2 atom stereocenters. The van der Waals surface area contributed by atoms with Crippen molar-refractivity contribution in [2.75, 3.05) is 47.5 Å². The molecular formula is C73H125NO8P+. The van der Waals surface area contributed by atoms with Gasteiger partial charge >= 0.3 is 19.8 Å². The van der Waals surface area contributed by atoms with Crippen LogP contribution in [0.3, 0.4) is 0 Å². The summed E-state index contributed by atoms with van der Waals surface area (Å²) in [4.78, 5) is 35.8. The topological polar surface area (TPSA) is 108 Å². The number of carbonyl (C=O) groups excluding carboxylic acids is 2. The number of allylic oxidation sites excluding steroid dienone is 22. The van der Waals surface area contributed by atoms with Gasteiger partial charge in [-0.15, -0.1) is 0 Å². The van der Waals surface area contributed by atoms with E-state index < -0.39 is 26.5 Å². The van der Waals surface area contributed by atoms with E-state index in [0.29, 0.717) is 17.4 Å². The number of phosphoric acid groups is 1. The molecule has 0 aliphatic carbocycles. The van der Waals surface area contributed by atoms with Gasteiger partial charge < -0.3 is 18.9 Å². The number of hydrogen-bond donors (Lipinski definition) is 1. The monoisotopic (exact) mass is 1170 g/mol. The van der Waals surface area contributed by atoms with Crippen molar-refractivity contribution in [1.29, 1.82) is 0 Å². The highest BCUT2D eigenvalue weighted by molar-refractivity contribution is 7.47. The Morgan fingerprint density at radius 2 is 0.687 bits per heavy atom. The summed E-state index contributed by atoms with van der Waals surface area (Å²) in [5.74, 6) is -0.819. The summed E-state index contributed by atoms with van der Waals surface area (Å²) in [6, 6.07) is 0. The first-order chi connectivity index (χ1) is 40.5. The maximum atomic E-state index is 12.9.